The van der Waals surface area contributed by atoms with Crippen LogP contribution in [0.2, 0.25) is 0 Å². The molecule has 0 radical (unpaired) electrons. The summed E-state index contributed by atoms with van der Waals surface area (Å²) in [5.41, 5.74) is 0.904. The molecule has 0 aliphatic carbocycles. The third-order valence-electron chi connectivity index (χ3n) is 2.40. The topological polar surface area (TPSA) is 34.4 Å². The minimum atomic E-state index is 0.0851. The highest BCUT2D eigenvalue weighted by atomic mass is 32.1. The zero-order valence-electron chi connectivity index (χ0n) is 8.93. The standard InChI is InChI=1S/C11H14N2OS/c1-8(2)3-4-9-7-12-11-13(10(9)14)5-6-15-11/h5-8H,3-4H2,1-2H3. The molecule has 0 fully saturated rings. The molecule has 15 heavy (non-hydrogen) atoms. The Bertz CT molecular complexity index is 513. The van der Waals surface area contributed by atoms with E-state index in [9.17, 15) is 4.79 Å². The summed E-state index contributed by atoms with van der Waals surface area (Å²) in [6.07, 6.45) is 5.36. The van der Waals surface area contributed by atoms with Crippen LogP contribution >= 0.6 is 11.3 Å². The number of fused-ring (bicyclic) bond motifs is 1. The molecular formula is C11H14N2OS. The van der Waals surface area contributed by atoms with Gasteiger partial charge in [0.1, 0.15) is 0 Å². The molecule has 0 atom stereocenters. The zero-order valence-corrected chi connectivity index (χ0v) is 9.75. The molecular weight excluding hydrogens is 208 g/mol. The second-order valence-corrected chi connectivity index (χ2v) is 4.95. The summed E-state index contributed by atoms with van der Waals surface area (Å²) in [6, 6.07) is 0. The highest BCUT2D eigenvalue weighted by molar-refractivity contribution is 7.15. The second kappa shape index (κ2) is 4.14. The van der Waals surface area contributed by atoms with Crippen molar-refractivity contribution < 1.29 is 0 Å². The Morgan fingerprint density at radius 2 is 2.33 bits per heavy atom. The van der Waals surface area contributed by atoms with E-state index < -0.39 is 0 Å². The Kier molecular flexibility index (Phi) is 2.86. The smallest absolute Gasteiger partial charge is 0.261 e. The molecule has 2 heterocycles. The van der Waals surface area contributed by atoms with E-state index in [-0.39, 0.29) is 5.56 Å². The van der Waals surface area contributed by atoms with Gasteiger partial charge in [-0.15, -0.1) is 11.3 Å². The van der Waals surface area contributed by atoms with Crippen LogP contribution in [0.3, 0.4) is 0 Å². The minimum Gasteiger partial charge on any atom is -0.269 e. The minimum absolute atomic E-state index is 0.0851. The predicted molar refractivity (Wildman–Crippen MR) is 62.5 cm³/mol. The normalized spacial score (nSPS) is 11.4. The predicted octanol–water partition coefficient (Wildman–Crippen LogP) is 2.34. The molecule has 0 spiro atoms. The van der Waals surface area contributed by atoms with E-state index in [1.165, 1.54) is 11.3 Å². The maximum Gasteiger partial charge on any atom is 0.261 e. The Labute approximate surface area is 92.4 Å². The third kappa shape index (κ3) is 2.09. The molecule has 0 aliphatic rings. The lowest BCUT2D eigenvalue weighted by molar-refractivity contribution is 0.583. The number of thiazole rings is 1. The van der Waals surface area contributed by atoms with Gasteiger partial charge >= 0.3 is 0 Å². The maximum absolute atomic E-state index is 11.9. The lowest BCUT2D eigenvalue weighted by Gasteiger charge is -2.03. The van der Waals surface area contributed by atoms with E-state index >= 15 is 0 Å². The molecule has 2 aromatic heterocycles. The lowest BCUT2D eigenvalue weighted by Crippen LogP contribution is -2.17. The van der Waals surface area contributed by atoms with Crippen molar-refractivity contribution in [2.45, 2.75) is 26.7 Å². The van der Waals surface area contributed by atoms with Gasteiger partial charge in [-0.2, -0.15) is 0 Å². The first kappa shape index (κ1) is 10.4. The number of hydrogen-bond donors (Lipinski definition) is 0. The van der Waals surface area contributed by atoms with Gasteiger partial charge in [-0.25, -0.2) is 4.98 Å². The Hall–Kier alpha value is -1.16. The van der Waals surface area contributed by atoms with Gasteiger partial charge in [0.05, 0.1) is 0 Å². The Morgan fingerprint density at radius 3 is 3.07 bits per heavy atom. The highest BCUT2D eigenvalue weighted by Gasteiger charge is 2.05. The SMILES string of the molecule is CC(C)CCc1cnc2sccn2c1=O. The Balaban J connectivity index is 2.36. The van der Waals surface area contributed by atoms with Gasteiger partial charge < -0.3 is 0 Å². The fourth-order valence-electron chi connectivity index (χ4n) is 1.48. The summed E-state index contributed by atoms with van der Waals surface area (Å²) in [5.74, 6) is 0.618. The van der Waals surface area contributed by atoms with Crippen LogP contribution in [0, 0.1) is 5.92 Å². The summed E-state index contributed by atoms with van der Waals surface area (Å²) < 4.78 is 1.63. The quantitative estimate of drug-likeness (QED) is 0.799. The Morgan fingerprint density at radius 1 is 1.53 bits per heavy atom. The van der Waals surface area contributed by atoms with Gasteiger partial charge in [0.15, 0.2) is 4.96 Å². The molecule has 3 nitrogen and oxygen atoms in total. The van der Waals surface area contributed by atoms with E-state index in [4.69, 9.17) is 0 Å². The molecule has 0 N–H and O–H groups in total. The van der Waals surface area contributed by atoms with E-state index in [0.29, 0.717) is 5.92 Å². The highest BCUT2D eigenvalue weighted by Crippen LogP contribution is 2.08. The van der Waals surface area contributed by atoms with Crippen LogP contribution in [0.15, 0.2) is 22.6 Å². The summed E-state index contributed by atoms with van der Waals surface area (Å²) >= 11 is 1.49. The first-order chi connectivity index (χ1) is 7.18. The molecule has 2 aromatic rings. The van der Waals surface area contributed by atoms with Gasteiger partial charge in [0.2, 0.25) is 0 Å². The van der Waals surface area contributed by atoms with Crippen molar-refractivity contribution in [3.8, 4) is 0 Å². The van der Waals surface area contributed by atoms with E-state index in [1.54, 1.807) is 16.8 Å². The number of aryl methyl sites for hydroxylation is 1. The average molecular weight is 222 g/mol. The molecule has 0 aliphatic heterocycles. The van der Waals surface area contributed by atoms with Gasteiger partial charge in [0, 0.05) is 23.3 Å². The number of nitrogens with zero attached hydrogens (tertiary/aromatic N) is 2. The van der Waals surface area contributed by atoms with Crippen LogP contribution in [0.1, 0.15) is 25.8 Å². The first-order valence-corrected chi connectivity index (χ1v) is 6.00. The summed E-state index contributed by atoms with van der Waals surface area (Å²) in [5, 5.41) is 1.88. The zero-order chi connectivity index (χ0) is 10.8. The van der Waals surface area contributed by atoms with Crippen LogP contribution in [0.25, 0.3) is 4.96 Å². The fraction of sp³-hybridized carbons (Fsp3) is 0.455. The van der Waals surface area contributed by atoms with Crippen molar-refractivity contribution in [3.05, 3.63) is 33.7 Å². The molecule has 0 saturated heterocycles. The number of rotatable bonds is 3. The molecule has 0 saturated carbocycles. The van der Waals surface area contributed by atoms with Crippen LogP contribution in [0.4, 0.5) is 0 Å². The molecule has 0 aromatic carbocycles. The lowest BCUT2D eigenvalue weighted by atomic mass is 10.1. The summed E-state index contributed by atoms with van der Waals surface area (Å²) in [7, 11) is 0. The van der Waals surface area contributed by atoms with Crippen LogP contribution in [-0.2, 0) is 6.42 Å². The van der Waals surface area contributed by atoms with Crippen molar-refractivity contribution in [1.82, 2.24) is 9.38 Å². The van der Waals surface area contributed by atoms with Gasteiger partial charge in [0.25, 0.3) is 5.56 Å². The third-order valence-corrected chi connectivity index (χ3v) is 3.18. The largest absolute Gasteiger partial charge is 0.269 e. The molecule has 0 amide bonds. The van der Waals surface area contributed by atoms with Gasteiger partial charge in [-0.1, -0.05) is 13.8 Å². The summed E-state index contributed by atoms with van der Waals surface area (Å²) in [6.45, 7) is 4.32. The fourth-order valence-corrected chi connectivity index (χ4v) is 2.15. The van der Waals surface area contributed by atoms with E-state index in [1.807, 2.05) is 5.38 Å². The van der Waals surface area contributed by atoms with Crippen molar-refractivity contribution in [2.24, 2.45) is 5.92 Å². The molecule has 2 rings (SSSR count). The van der Waals surface area contributed by atoms with Crippen LogP contribution < -0.4 is 5.56 Å². The van der Waals surface area contributed by atoms with E-state index in [2.05, 4.69) is 18.8 Å². The van der Waals surface area contributed by atoms with Crippen LogP contribution in [-0.4, -0.2) is 9.38 Å². The number of aromatic nitrogens is 2. The van der Waals surface area contributed by atoms with Gasteiger partial charge in [-0.05, 0) is 18.8 Å². The molecule has 4 heteroatoms. The van der Waals surface area contributed by atoms with Crippen molar-refractivity contribution in [3.63, 3.8) is 0 Å². The van der Waals surface area contributed by atoms with Crippen molar-refractivity contribution in [1.29, 1.82) is 0 Å². The summed E-state index contributed by atoms with van der Waals surface area (Å²) in [4.78, 5) is 17.0. The monoisotopic (exact) mass is 222 g/mol. The van der Waals surface area contributed by atoms with E-state index in [0.717, 1.165) is 23.4 Å². The first-order valence-electron chi connectivity index (χ1n) is 5.12. The average Bonchev–Trinajstić information content (AvgIpc) is 2.65. The molecule has 0 unspecified atom stereocenters. The molecule has 0 bridgehead atoms. The van der Waals surface area contributed by atoms with Crippen LogP contribution in [0.5, 0.6) is 0 Å². The molecule has 80 valence electrons. The number of hydrogen-bond acceptors (Lipinski definition) is 3. The maximum atomic E-state index is 11.9. The van der Waals surface area contributed by atoms with Crippen molar-refractivity contribution >= 4 is 16.3 Å². The second-order valence-electron chi connectivity index (χ2n) is 4.08. The van der Waals surface area contributed by atoms with Gasteiger partial charge in [-0.3, -0.25) is 9.20 Å². The van der Waals surface area contributed by atoms with Crippen molar-refractivity contribution in [2.75, 3.05) is 0 Å².